The summed E-state index contributed by atoms with van der Waals surface area (Å²) in [4.78, 5) is 18.5. The van der Waals surface area contributed by atoms with Gasteiger partial charge in [-0.25, -0.2) is 4.39 Å². The number of halogens is 1. The molecule has 0 radical (unpaired) electrons. The largest absolute Gasteiger partial charge is 0.504 e. The highest BCUT2D eigenvalue weighted by molar-refractivity contribution is 8.18. The number of rotatable bonds is 1. The Balaban J connectivity index is 1.80. The normalized spacial score (nSPS) is 21.0. The molecule has 6 heteroatoms. The van der Waals surface area contributed by atoms with Gasteiger partial charge in [-0.1, -0.05) is 12.1 Å². The number of nitrogens with zero attached hydrogens (tertiary/aromatic N) is 2. The third-order valence-corrected chi connectivity index (χ3v) is 4.58. The fraction of sp³-hybridized carbons (Fsp3) is 0.333. The maximum absolute atomic E-state index is 13.3. The number of benzene rings is 1. The van der Waals surface area contributed by atoms with E-state index in [4.69, 9.17) is 0 Å². The number of phenolic OH excluding ortho intramolecular Hbond substituents is 1. The van der Waals surface area contributed by atoms with E-state index in [-0.39, 0.29) is 5.91 Å². The van der Waals surface area contributed by atoms with Gasteiger partial charge in [0.05, 0.1) is 4.91 Å². The predicted molar refractivity (Wildman–Crippen MR) is 81.5 cm³/mol. The number of phenols is 1. The van der Waals surface area contributed by atoms with E-state index in [1.165, 1.54) is 36.4 Å². The van der Waals surface area contributed by atoms with Crippen molar-refractivity contribution >= 4 is 28.9 Å². The van der Waals surface area contributed by atoms with Gasteiger partial charge < -0.3 is 10.0 Å². The van der Waals surface area contributed by atoms with Crippen molar-refractivity contribution < 1.29 is 14.3 Å². The smallest absolute Gasteiger partial charge is 0.286 e. The molecule has 1 aromatic rings. The molecule has 1 aromatic carbocycles. The third kappa shape index (κ3) is 2.95. The lowest BCUT2D eigenvalue weighted by Crippen LogP contribution is -2.33. The molecule has 0 spiro atoms. The Bertz CT molecular complexity index is 637. The fourth-order valence-corrected chi connectivity index (χ4v) is 3.36. The van der Waals surface area contributed by atoms with E-state index < -0.39 is 11.6 Å². The van der Waals surface area contributed by atoms with Gasteiger partial charge in [-0.05, 0) is 43.2 Å². The number of carbonyl (C=O) groups is 1. The van der Waals surface area contributed by atoms with E-state index in [0.29, 0.717) is 15.6 Å². The van der Waals surface area contributed by atoms with Gasteiger partial charge in [0.2, 0.25) is 0 Å². The molecule has 2 aliphatic rings. The third-order valence-electron chi connectivity index (χ3n) is 3.54. The molecule has 4 nitrogen and oxygen atoms in total. The van der Waals surface area contributed by atoms with E-state index in [1.807, 2.05) is 0 Å². The zero-order chi connectivity index (χ0) is 14.8. The highest BCUT2D eigenvalue weighted by Crippen LogP contribution is 2.33. The fourth-order valence-electron chi connectivity index (χ4n) is 2.41. The zero-order valence-corrected chi connectivity index (χ0v) is 12.2. The van der Waals surface area contributed by atoms with Crippen LogP contribution in [0.1, 0.15) is 24.8 Å². The lowest BCUT2D eigenvalue weighted by molar-refractivity contribution is -0.113. The molecular weight excluding hydrogens is 291 g/mol. The van der Waals surface area contributed by atoms with Crippen LogP contribution in [0.5, 0.6) is 5.75 Å². The van der Waals surface area contributed by atoms with Gasteiger partial charge in [0, 0.05) is 18.7 Å². The number of carbonyl (C=O) groups excluding carboxylic acids is 1. The van der Waals surface area contributed by atoms with Crippen molar-refractivity contribution in [2.45, 2.75) is 19.3 Å². The minimum Gasteiger partial charge on any atom is -0.504 e. The molecule has 0 atom stereocenters. The second kappa shape index (κ2) is 5.89. The van der Waals surface area contributed by atoms with Crippen LogP contribution in [0.4, 0.5) is 4.39 Å². The van der Waals surface area contributed by atoms with Crippen molar-refractivity contribution in [1.82, 2.24) is 4.90 Å². The number of aliphatic imine (C=N–C) groups is 1. The molecule has 1 amide bonds. The van der Waals surface area contributed by atoms with E-state index in [0.717, 1.165) is 25.9 Å². The first-order chi connectivity index (χ1) is 10.1. The second-order valence-electron chi connectivity index (χ2n) is 5.04. The van der Waals surface area contributed by atoms with Crippen molar-refractivity contribution in [1.29, 1.82) is 0 Å². The van der Waals surface area contributed by atoms with Gasteiger partial charge in [0.1, 0.15) is 0 Å². The van der Waals surface area contributed by atoms with Crippen molar-refractivity contribution in [3.05, 3.63) is 34.5 Å². The van der Waals surface area contributed by atoms with E-state index in [2.05, 4.69) is 9.89 Å². The molecule has 110 valence electrons. The predicted octanol–water partition coefficient (Wildman–Crippen LogP) is 2.99. The first kappa shape index (κ1) is 14.1. The summed E-state index contributed by atoms with van der Waals surface area (Å²) in [6.07, 6.45) is 4.92. The summed E-state index contributed by atoms with van der Waals surface area (Å²) in [5, 5.41) is 10.4. The minimum absolute atomic E-state index is 0.293. The summed E-state index contributed by atoms with van der Waals surface area (Å²) in [6, 6.07) is 4.24. The number of hydrogen-bond acceptors (Lipinski definition) is 4. The molecule has 1 saturated heterocycles. The standard InChI is InChI=1S/C15H15FN2O2S/c16-11-6-4-5-10(13(11)19)9-12-14(20)17-15(21-12)18-7-2-1-3-8-18/h4-6,9,19H,1-3,7-8H2/b12-9-. The maximum Gasteiger partial charge on any atom is 0.286 e. The van der Waals surface area contributed by atoms with Crippen molar-refractivity contribution in [3.63, 3.8) is 0 Å². The number of piperidine rings is 1. The zero-order valence-electron chi connectivity index (χ0n) is 11.4. The number of para-hydroxylation sites is 1. The van der Waals surface area contributed by atoms with Gasteiger partial charge in [-0.15, -0.1) is 0 Å². The lowest BCUT2D eigenvalue weighted by Gasteiger charge is -2.27. The molecule has 2 heterocycles. The number of amidine groups is 1. The Morgan fingerprint density at radius 2 is 2.05 bits per heavy atom. The summed E-state index contributed by atoms with van der Waals surface area (Å²) < 4.78 is 13.3. The molecule has 1 N–H and O–H groups in total. The van der Waals surface area contributed by atoms with E-state index >= 15 is 0 Å². The summed E-state index contributed by atoms with van der Waals surface area (Å²) in [6.45, 7) is 1.83. The Hall–Kier alpha value is -1.82. The van der Waals surface area contributed by atoms with Crippen LogP contribution in [-0.2, 0) is 4.79 Å². The van der Waals surface area contributed by atoms with Crippen molar-refractivity contribution in [2.75, 3.05) is 13.1 Å². The molecule has 0 unspecified atom stereocenters. The van der Waals surface area contributed by atoms with Crippen LogP contribution < -0.4 is 0 Å². The van der Waals surface area contributed by atoms with E-state index in [1.54, 1.807) is 6.07 Å². The highest BCUT2D eigenvalue weighted by atomic mass is 32.2. The van der Waals surface area contributed by atoms with Crippen LogP contribution in [-0.4, -0.2) is 34.2 Å². The molecular formula is C15H15FN2O2S. The van der Waals surface area contributed by atoms with Crippen molar-refractivity contribution in [3.8, 4) is 5.75 Å². The molecule has 0 bridgehead atoms. The Morgan fingerprint density at radius 3 is 2.81 bits per heavy atom. The summed E-state index contributed by atoms with van der Waals surface area (Å²) in [5.74, 6) is -1.47. The Labute approximate surface area is 126 Å². The van der Waals surface area contributed by atoms with Gasteiger partial charge in [0.15, 0.2) is 16.7 Å². The highest BCUT2D eigenvalue weighted by Gasteiger charge is 2.27. The second-order valence-corrected chi connectivity index (χ2v) is 6.04. The van der Waals surface area contributed by atoms with Crippen LogP contribution in [0, 0.1) is 5.82 Å². The van der Waals surface area contributed by atoms with Gasteiger partial charge in [0.25, 0.3) is 5.91 Å². The van der Waals surface area contributed by atoms with Crippen LogP contribution in [0.15, 0.2) is 28.1 Å². The van der Waals surface area contributed by atoms with Gasteiger partial charge >= 0.3 is 0 Å². The minimum atomic E-state index is -0.697. The van der Waals surface area contributed by atoms with Gasteiger partial charge in [-0.2, -0.15) is 4.99 Å². The maximum atomic E-state index is 13.3. The summed E-state index contributed by atoms with van der Waals surface area (Å²) in [5.41, 5.74) is 0.293. The lowest BCUT2D eigenvalue weighted by atomic mass is 10.1. The van der Waals surface area contributed by atoms with Crippen LogP contribution >= 0.6 is 11.8 Å². The first-order valence-electron chi connectivity index (χ1n) is 6.90. The summed E-state index contributed by atoms with van der Waals surface area (Å²) in [7, 11) is 0. The van der Waals surface area contributed by atoms with Crippen LogP contribution in [0.3, 0.4) is 0 Å². The quantitative estimate of drug-likeness (QED) is 0.810. The monoisotopic (exact) mass is 306 g/mol. The average molecular weight is 306 g/mol. The first-order valence-corrected chi connectivity index (χ1v) is 7.72. The molecule has 1 fully saturated rings. The molecule has 0 aliphatic carbocycles. The number of aromatic hydroxyl groups is 1. The van der Waals surface area contributed by atoms with Crippen LogP contribution in [0.2, 0.25) is 0 Å². The molecule has 0 aromatic heterocycles. The van der Waals surface area contributed by atoms with Gasteiger partial charge in [-0.3, -0.25) is 4.79 Å². The topological polar surface area (TPSA) is 52.9 Å². The summed E-state index contributed by atoms with van der Waals surface area (Å²) >= 11 is 1.29. The molecule has 0 saturated carbocycles. The number of hydrogen-bond donors (Lipinski definition) is 1. The molecule has 3 rings (SSSR count). The van der Waals surface area contributed by atoms with Crippen LogP contribution in [0.25, 0.3) is 6.08 Å². The number of amides is 1. The average Bonchev–Trinajstić information content (AvgIpc) is 2.86. The van der Waals surface area contributed by atoms with E-state index in [9.17, 15) is 14.3 Å². The Morgan fingerprint density at radius 1 is 1.29 bits per heavy atom. The molecule has 21 heavy (non-hydrogen) atoms. The molecule has 2 aliphatic heterocycles. The number of likely N-dealkylation sites (tertiary alicyclic amines) is 1. The van der Waals surface area contributed by atoms with Crippen molar-refractivity contribution in [2.24, 2.45) is 4.99 Å². The SMILES string of the molecule is O=C1N=C(N2CCCCC2)S/C1=C\c1cccc(F)c1O. The Kier molecular flexibility index (Phi) is 3.96. The number of thioether (sulfide) groups is 1.